The standard InChI is InChI=1S/C7H7NO3.K/c1-5-6(8(10)11)3-2-4-7(5)9;/h2-4,9H,1H3;. The van der Waals surface area contributed by atoms with E-state index in [4.69, 9.17) is 5.11 Å². The van der Waals surface area contributed by atoms with Crippen molar-refractivity contribution < 1.29 is 10.0 Å². The maximum Gasteiger partial charge on any atom is 0.275 e. The van der Waals surface area contributed by atoms with Crippen LogP contribution in [0.2, 0.25) is 0 Å². The zero-order valence-electron chi connectivity index (χ0n) is 6.94. The summed E-state index contributed by atoms with van der Waals surface area (Å²) in [6.45, 7) is 1.51. The van der Waals surface area contributed by atoms with Crippen LogP contribution in [0.15, 0.2) is 18.2 Å². The maximum absolute atomic E-state index is 10.3. The van der Waals surface area contributed by atoms with Gasteiger partial charge in [-0.25, -0.2) is 0 Å². The number of phenolic OH excluding ortho intramolecular Hbond substituents is 1. The molecule has 12 heavy (non-hydrogen) atoms. The first kappa shape index (κ1) is 12.1. The zero-order valence-corrected chi connectivity index (χ0v) is 10.1. The van der Waals surface area contributed by atoms with Crippen LogP contribution in [0, 0.1) is 17.0 Å². The zero-order chi connectivity index (χ0) is 8.43. The van der Waals surface area contributed by atoms with Gasteiger partial charge in [-0.3, -0.25) is 10.1 Å². The van der Waals surface area contributed by atoms with E-state index in [0.717, 1.165) is 0 Å². The van der Waals surface area contributed by atoms with Crippen molar-refractivity contribution in [1.82, 2.24) is 0 Å². The Labute approximate surface area is 112 Å². The van der Waals surface area contributed by atoms with Crippen molar-refractivity contribution in [2.45, 2.75) is 6.92 Å². The van der Waals surface area contributed by atoms with Gasteiger partial charge in [0, 0.05) is 57.5 Å². The second kappa shape index (κ2) is 4.93. The summed E-state index contributed by atoms with van der Waals surface area (Å²) in [4.78, 5) is 9.75. The van der Waals surface area contributed by atoms with Crippen molar-refractivity contribution in [1.29, 1.82) is 0 Å². The number of nitro benzene ring substituents is 1. The van der Waals surface area contributed by atoms with Gasteiger partial charge in [-0.1, -0.05) is 6.07 Å². The summed E-state index contributed by atoms with van der Waals surface area (Å²) < 4.78 is 0. The van der Waals surface area contributed by atoms with E-state index in [1.165, 1.54) is 25.1 Å². The summed E-state index contributed by atoms with van der Waals surface area (Å²) in [5, 5.41) is 19.3. The Morgan fingerprint density at radius 3 is 2.50 bits per heavy atom. The number of aromatic hydroxyl groups is 1. The first-order valence-electron chi connectivity index (χ1n) is 3.06. The van der Waals surface area contributed by atoms with Crippen LogP contribution in [-0.4, -0.2) is 61.4 Å². The van der Waals surface area contributed by atoms with Crippen molar-refractivity contribution in [3.63, 3.8) is 0 Å². The molecule has 0 saturated carbocycles. The van der Waals surface area contributed by atoms with Gasteiger partial charge >= 0.3 is 0 Å². The van der Waals surface area contributed by atoms with E-state index >= 15 is 0 Å². The molecule has 0 aliphatic rings. The number of nitrogens with zero attached hydrogens (tertiary/aromatic N) is 1. The number of rotatable bonds is 1. The summed E-state index contributed by atoms with van der Waals surface area (Å²) in [5.74, 6) is -0.0424. The van der Waals surface area contributed by atoms with Gasteiger partial charge < -0.3 is 5.11 Å². The second-order valence-corrected chi connectivity index (χ2v) is 2.18. The Hall–Kier alpha value is 0.0564. The summed E-state index contributed by atoms with van der Waals surface area (Å²) in [7, 11) is 0. The predicted octanol–water partition coefficient (Wildman–Crippen LogP) is 1.23. The van der Waals surface area contributed by atoms with Crippen LogP contribution in [0.1, 0.15) is 5.56 Å². The Morgan fingerprint density at radius 1 is 1.50 bits per heavy atom. The number of benzene rings is 1. The first-order valence-corrected chi connectivity index (χ1v) is 3.06. The average Bonchev–Trinajstić information content (AvgIpc) is 1.94. The molecular weight excluding hydrogens is 185 g/mol. The summed E-state index contributed by atoms with van der Waals surface area (Å²) >= 11 is 0. The summed E-state index contributed by atoms with van der Waals surface area (Å²) in [6.07, 6.45) is 0. The Balaban J connectivity index is 0.00000121. The van der Waals surface area contributed by atoms with E-state index in [1.54, 1.807) is 0 Å². The quantitative estimate of drug-likeness (QED) is 0.413. The molecule has 1 N–H and O–H groups in total. The molecule has 0 aliphatic carbocycles. The molecule has 59 valence electrons. The fourth-order valence-corrected chi connectivity index (χ4v) is 0.809. The minimum absolute atomic E-state index is 0. The largest absolute Gasteiger partial charge is 0.507 e. The van der Waals surface area contributed by atoms with E-state index in [2.05, 4.69) is 0 Å². The minimum atomic E-state index is -0.519. The summed E-state index contributed by atoms with van der Waals surface area (Å²) in [5.41, 5.74) is 0.252. The molecule has 0 aliphatic heterocycles. The Bertz CT molecular complexity index is 301. The van der Waals surface area contributed by atoms with Gasteiger partial charge in [-0.05, 0) is 13.0 Å². The first-order chi connectivity index (χ1) is 5.13. The molecule has 0 heterocycles. The number of hydrogen-bond acceptors (Lipinski definition) is 3. The SMILES string of the molecule is Cc1c(O)cccc1[N+](=O)[O-].[K]. The normalized spacial score (nSPS) is 8.75. The van der Waals surface area contributed by atoms with Gasteiger partial charge in [0.1, 0.15) is 5.75 Å². The molecule has 0 bridgehead atoms. The maximum atomic E-state index is 10.3. The van der Waals surface area contributed by atoms with Crippen LogP contribution in [0.5, 0.6) is 5.75 Å². The smallest absolute Gasteiger partial charge is 0.275 e. The molecule has 0 atom stereocenters. The molecule has 0 aromatic heterocycles. The molecule has 1 aromatic carbocycles. The molecule has 0 fully saturated rings. The van der Waals surface area contributed by atoms with Gasteiger partial charge in [0.15, 0.2) is 0 Å². The van der Waals surface area contributed by atoms with Crippen molar-refractivity contribution in [2.75, 3.05) is 0 Å². The van der Waals surface area contributed by atoms with Crippen molar-refractivity contribution in [3.05, 3.63) is 33.9 Å². The van der Waals surface area contributed by atoms with Crippen LogP contribution in [0.25, 0.3) is 0 Å². The van der Waals surface area contributed by atoms with Crippen molar-refractivity contribution >= 4 is 57.1 Å². The van der Waals surface area contributed by atoms with Crippen LogP contribution in [-0.2, 0) is 0 Å². The third-order valence-corrected chi connectivity index (χ3v) is 1.47. The van der Waals surface area contributed by atoms with Crippen LogP contribution in [0.4, 0.5) is 5.69 Å². The topological polar surface area (TPSA) is 63.4 Å². The van der Waals surface area contributed by atoms with Gasteiger partial charge in [0.25, 0.3) is 5.69 Å². The van der Waals surface area contributed by atoms with Crippen molar-refractivity contribution in [2.24, 2.45) is 0 Å². The Morgan fingerprint density at radius 2 is 2.08 bits per heavy atom. The second-order valence-electron chi connectivity index (χ2n) is 2.18. The molecule has 5 heteroatoms. The molecule has 0 saturated heterocycles. The van der Waals surface area contributed by atoms with E-state index in [0.29, 0.717) is 5.56 Å². The minimum Gasteiger partial charge on any atom is -0.507 e. The monoisotopic (exact) mass is 192 g/mol. The molecule has 0 spiro atoms. The number of hydrogen-bond donors (Lipinski definition) is 1. The third kappa shape index (κ3) is 2.53. The van der Waals surface area contributed by atoms with E-state index in [9.17, 15) is 10.1 Å². The molecule has 4 nitrogen and oxygen atoms in total. The Kier molecular flexibility index (Phi) is 4.96. The molecule has 0 amide bonds. The molecule has 1 aromatic rings. The molecule has 1 radical (unpaired) electrons. The van der Waals surface area contributed by atoms with Crippen LogP contribution in [0.3, 0.4) is 0 Å². The summed E-state index contributed by atoms with van der Waals surface area (Å²) in [6, 6.07) is 4.22. The van der Waals surface area contributed by atoms with Crippen molar-refractivity contribution in [3.8, 4) is 5.75 Å². The van der Waals surface area contributed by atoms with E-state index < -0.39 is 4.92 Å². The fraction of sp³-hybridized carbons (Fsp3) is 0.143. The number of phenols is 1. The van der Waals surface area contributed by atoms with Crippen LogP contribution < -0.4 is 0 Å². The van der Waals surface area contributed by atoms with E-state index in [1.807, 2.05) is 0 Å². The predicted molar refractivity (Wildman–Crippen MR) is 45.3 cm³/mol. The molecule has 1 rings (SSSR count). The van der Waals surface area contributed by atoms with Gasteiger partial charge in [-0.15, -0.1) is 0 Å². The molecule has 0 unspecified atom stereocenters. The van der Waals surface area contributed by atoms with Gasteiger partial charge in [0.05, 0.1) is 10.5 Å². The fourth-order valence-electron chi connectivity index (χ4n) is 0.809. The van der Waals surface area contributed by atoms with Crippen LogP contribution >= 0.6 is 0 Å². The van der Waals surface area contributed by atoms with Gasteiger partial charge in [-0.2, -0.15) is 0 Å². The van der Waals surface area contributed by atoms with Gasteiger partial charge in [0.2, 0.25) is 0 Å². The third-order valence-electron chi connectivity index (χ3n) is 1.47. The van der Waals surface area contributed by atoms with E-state index in [-0.39, 0.29) is 62.8 Å². The number of nitro groups is 1. The average molecular weight is 192 g/mol. The molecular formula is C7H7KNO3.